The number of hydrogen-bond acceptors (Lipinski definition) is 4. The smallest absolute Gasteiger partial charge is 0.244 e. The molecule has 5 heteroatoms. The molecule has 1 aromatic rings. The monoisotopic (exact) mass is 225 g/mol. The van der Waals surface area contributed by atoms with Gasteiger partial charge in [-0.15, -0.1) is 0 Å². The van der Waals surface area contributed by atoms with Gasteiger partial charge in [0.15, 0.2) is 0 Å². The van der Waals surface area contributed by atoms with Crippen LogP contribution in [0.25, 0.3) is 6.08 Å². The number of aliphatic hydroxyl groups is 1. The summed E-state index contributed by atoms with van der Waals surface area (Å²) in [6, 6.07) is 3.48. The Bertz CT molecular complexity index is 332. The molecule has 0 aliphatic rings. The van der Waals surface area contributed by atoms with Gasteiger partial charge in [0.1, 0.15) is 5.76 Å². The molecule has 0 aliphatic carbocycles. The molecule has 0 spiro atoms. The van der Waals surface area contributed by atoms with Crippen LogP contribution >= 0.6 is 0 Å². The lowest BCUT2D eigenvalue weighted by Crippen LogP contribution is -2.33. The van der Waals surface area contributed by atoms with Crippen LogP contribution in [0.2, 0.25) is 0 Å². The highest BCUT2D eigenvalue weighted by Gasteiger charge is 2.04. The highest BCUT2D eigenvalue weighted by molar-refractivity contribution is 5.91. The van der Waals surface area contributed by atoms with E-state index in [9.17, 15) is 9.90 Å². The van der Waals surface area contributed by atoms with Crippen molar-refractivity contribution >= 4 is 12.0 Å². The van der Waals surface area contributed by atoms with E-state index in [1.807, 2.05) is 0 Å². The van der Waals surface area contributed by atoms with Gasteiger partial charge in [0.25, 0.3) is 0 Å². The van der Waals surface area contributed by atoms with Crippen LogP contribution in [0.1, 0.15) is 5.76 Å². The molecule has 0 saturated carbocycles. The lowest BCUT2D eigenvalue weighted by molar-refractivity contribution is -0.117. The number of aliphatic hydroxyl groups excluding tert-OH is 1. The van der Waals surface area contributed by atoms with Crippen molar-refractivity contribution in [2.24, 2.45) is 0 Å². The fraction of sp³-hybridized carbons (Fsp3) is 0.364. The first kappa shape index (κ1) is 12.5. The number of ether oxygens (including phenoxy) is 1. The molecule has 1 atom stereocenters. The Morgan fingerprint density at radius 2 is 2.56 bits per heavy atom. The van der Waals surface area contributed by atoms with Gasteiger partial charge in [-0.05, 0) is 18.2 Å². The van der Waals surface area contributed by atoms with Gasteiger partial charge >= 0.3 is 0 Å². The highest BCUT2D eigenvalue weighted by atomic mass is 16.5. The van der Waals surface area contributed by atoms with Gasteiger partial charge in [-0.1, -0.05) is 0 Å². The molecule has 1 rings (SSSR count). The lowest BCUT2D eigenvalue weighted by atomic mass is 10.3. The first-order valence-corrected chi connectivity index (χ1v) is 4.89. The van der Waals surface area contributed by atoms with Gasteiger partial charge in [-0.25, -0.2) is 0 Å². The summed E-state index contributed by atoms with van der Waals surface area (Å²) in [7, 11) is 1.49. The molecule has 1 heterocycles. The first-order valence-electron chi connectivity index (χ1n) is 4.89. The van der Waals surface area contributed by atoms with Crippen LogP contribution in [0.4, 0.5) is 0 Å². The first-order chi connectivity index (χ1) is 7.72. The van der Waals surface area contributed by atoms with E-state index in [4.69, 9.17) is 9.15 Å². The van der Waals surface area contributed by atoms with Crippen molar-refractivity contribution in [1.82, 2.24) is 5.32 Å². The molecule has 0 bridgehead atoms. The summed E-state index contributed by atoms with van der Waals surface area (Å²) in [4.78, 5) is 11.3. The fourth-order valence-corrected chi connectivity index (χ4v) is 1.07. The van der Waals surface area contributed by atoms with Gasteiger partial charge in [0.2, 0.25) is 5.91 Å². The summed E-state index contributed by atoms with van der Waals surface area (Å²) in [5.41, 5.74) is 0. The maximum absolute atomic E-state index is 11.3. The second-order valence-electron chi connectivity index (χ2n) is 3.20. The van der Waals surface area contributed by atoms with Crippen LogP contribution in [-0.2, 0) is 9.53 Å². The fourth-order valence-electron chi connectivity index (χ4n) is 1.07. The molecule has 1 aromatic heterocycles. The molecule has 5 nitrogen and oxygen atoms in total. The minimum Gasteiger partial charge on any atom is -0.465 e. The Kier molecular flexibility index (Phi) is 5.31. The molecule has 0 saturated heterocycles. The highest BCUT2D eigenvalue weighted by Crippen LogP contribution is 2.01. The molecule has 0 aromatic carbocycles. The Morgan fingerprint density at radius 1 is 1.75 bits per heavy atom. The van der Waals surface area contributed by atoms with Crippen molar-refractivity contribution < 1.29 is 19.1 Å². The number of methoxy groups -OCH3 is 1. The van der Waals surface area contributed by atoms with Crippen molar-refractivity contribution in [3.63, 3.8) is 0 Å². The summed E-state index contributed by atoms with van der Waals surface area (Å²) in [5.74, 6) is 0.319. The van der Waals surface area contributed by atoms with Crippen molar-refractivity contribution in [2.45, 2.75) is 6.10 Å². The molecule has 0 radical (unpaired) electrons. The van der Waals surface area contributed by atoms with Crippen molar-refractivity contribution in [2.75, 3.05) is 20.3 Å². The van der Waals surface area contributed by atoms with Crippen LogP contribution in [0.15, 0.2) is 28.9 Å². The molecule has 2 N–H and O–H groups in total. The van der Waals surface area contributed by atoms with E-state index in [2.05, 4.69) is 5.32 Å². The maximum Gasteiger partial charge on any atom is 0.244 e. The predicted molar refractivity (Wildman–Crippen MR) is 58.6 cm³/mol. The number of hydrogen-bond donors (Lipinski definition) is 2. The van der Waals surface area contributed by atoms with E-state index >= 15 is 0 Å². The van der Waals surface area contributed by atoms with E-state index < -0.39 is 6.10 Å². The zero-order valence-corrected chi connectivity index (χ0v) is 9.05. The van der Waals surface area contributed by atoms with Gasteiger partial charge in [-0.2, -0.15) is 0 Å². The largest absolute Gasteiger partial charge is 0.465 e. The normalized spacial score (nSPS) is 12.9. The average molecular weight is 225 g/mol. The van der Waals surface area contributed by atoms with Crippen LogP contribution in [0, 0.1) is 0 Å². The Morgan fingerprint density at radius 3 is 3.19 bits per heavy atom. The van der Waals surface area contributed by atoms with Gasteiger partial charge in [0, 0.05) is 19.7 Å². The third-order valence-electron chi connectivity index (χ3n) is 1.81. The summed E-state index contributed by atoms with van der Waals surface area (Å²) in [6.45, 7) is 0.358. The van der Waals surface area contributed by atoms with E-state index in [1.54, 1.807) is 18.2 Å². The molecule has 1 unspecified atom stereocenters. The predicted octanol–water partition coefficient (Wildman–Crippen LogP) is 0.416. The zero-order chi connectivity index (χ0) is 11.8. The quantitative estimate of drug-likeness (QED) is 0.688. The third-order valence-corrected chi connectivity index (χ3v) is 1.81. The van der Waals surface area contributed by atoms with Crippen molar-refractivity contribution in [3.05, 3.63) is 30.2 Å². The number of amides is 1. The second kappa shape index (κ2) is 6.81. The third kappa shape index (κ3) is 4.77. The maximum atomic E-state index is 11.3. The molecular formula is C11H15NO4. The molecule has 1 amide bonds. The van der Waals surface area contributed by atoms with E-state index in [1.165, 1.54) is 19.4 Å². The topological polar surface area (TPSA) is 71.7 Å². The summed E-state index contributed by atoms with van der Waals surface area (Å²) in [6.07, 6.45) is 3.74. The van der Waals surface area contributed by atoms with E-state index in [0.29, 0.717) is 5.76 Å². The standard InChI is InChI=1S/C11H15NO4/c1-15-8-9(13)7-12-11(14)5-4-10-3-2-6-16-10/h2-6,9,13H,7-8H2,1H3,(H,12,14). The van der Waals surface area contributed by atoms with Gasteiger partial charge in [0.05, 0.1) is 19.0 Å². The number of rotatable bonds is 6. The minimum absolute atomic E-state index is 0.162. The molecule has 16 heavy (non-hydrogen) atoms. The van der Waals surface area contributed by atoms with Crippen molar-refractivity contribution in [3.8, 4) is 0 Å². The van der Waals surface area contributed by atoms with E-state index in [0.717, 1.165) is 0 Å². The summed E-state index contributed by atoms with van der Waals surface area (Å²) < 4.78 is 9.73. The average Bonchev–Trinajstić information content (AvgIpc) is 2.77. The zero-order valence-electron chi connectivity index (χ0n) is 9.05. The van der Waals surface area contributed by atoms with E-state index in [-0.39, 0.29) is 19.1 Å². The minimum atomic E-state index is -0.689. The number of carbonyl (C=O) groups excluding carboxylic acids is 1. The van der Waals surface area contributed by atoms with Crippen molar-refractivity contribution in [1.29, 1.82) is 0 Å². The molecular weight excluding hydrogens is 210 g/mol. The number of carbonyl (C=O) groups is 1. The summed E-state index contributed by atoms with van der Waals surface area (Å²) >= 11 is 0. The Balaban J connectivity index is 2.26. The SMILES string of the molecule is COCC(O)CNC(=O)C=Cc1ccco1. The van der Waals surface area contributed by atoms with Crippen LogP contribution in [0.3, 0.4) is 0 Å². The second-order valence-corrected chi connectivity index (χ2v) is 3.20. The van der Waals surface area contributed by atoms with Gasteiger partial charge in [-0.3, -0.25) is 4.79 Å². The number of furan rings is 1. The van der Waals surface area contributed by atoms with Crippen LogP contribution in [0.5, 0.6) is 0 Å². The molecule has 88 valence electrons. The Labute approximate surface area is 93.7 Å². The number of nitrogens with one attached hydrogen (secondary N) is 1. The van der Waals surface area contributed by atoms with Crippen LogP contribution in [-0.4, -0.2) is 37.4 Å². The molecule has 0 fully saturated rings. The van der Waals surface area contributed by atoms with Gasteiger partial charge < -0.3 is 19.6 Å². The molecule has 0 aliphatic heterocycles. The summed E-state index contributed by atoms with van der Waals surface area (Å²) in [5, 5.41) is 11.8. The lowest BCUT2D eigenvalue weighted by Gasteiger charge is -2.08. The van der Waals surface area contributed by atoms with Crippen LogP contribution < -0.4 is 5.32 Å². The Hall–Kier alpha value is -1.59.